The molecular formula is C19H25N5O3. The Kier molecular flexibility index (Phi) is 5.85. The Hall–Kier alpha value is -2.74. The largest absolute Gasteiger partial charge is 0.350 e. The van der Waals surface area contributed by atoms with Crippen LogP contribution < -0.4 is 5.32 Å². The molecule has 1 aliphatic heterocycles. The first-order chi connectivity index (χ1) is 12.9. The molecular weight excluding hydrogens is 346 g/mol. The highest BCUT2D eigenvalue weighted by Crippen LogP contribution is 2.18. The van der Waals surface area contributed by atoms with E-state index in [1.54, 1.807) is 24.4 Å². The molecule has 2 heterocycles. The summed E-state index contributed by atoms with van der Waals surface area (Å²) in [5.41, 5.74) is 0.835. The van der Waals surface area contributed by atoms with Gasteiger partial charge in [0.2, 0.25) is 0 Å². The summed E-state index contributed by atoms with van der Waals surface area (Å²) in [5, 5.41) is 18.1. The second-order valence-electron chi connectivity index (χ2n) is 7.23. The fraction of sp³-hybridized carbons (Fsp3) is 0.474. The number of piperidine rings is 1. The van der Waals surface area contributed by atoms with Crippen LogP contribution in [-0.2, 0) is 0 Å². The number of nitro groups is 1. The minimum Gasteiger partial charge on any atom is -0.350 e. The second kappa shape index (κ2) is 8.30. The van der Waals surface area contributed by atoms with E-state index >= 15 is 0 Å². The number of rotatable bonds is 6. The lowest BCUT2D eigenvalue weighted by molar-refractivity contribution is -0.384. The summed E-state index contributed by atoms with van der Waals surface area (Å²) >= 11 is 0. The molecule has 1 aromatic heterocycles. The first-order valence-corrected chi connectivity index (χ1v) is 9.27. The molecule has 1 N–H and O–H groups in total. The Morgan fingerprint density at radius 2 is 2.22 bits per heavy atom. The number of amides is 1. The van der Waals surface area contributed by atoms with Crippen LogP contribution in [0.3, 0.4) is 0 Å². The third kappa shape index (κ3) is 4.71. The maximum Gasteiger partial charge on any atom is 0.271 e. The van der Waals surface area contributed by atoms with Gasteiger partial charge in [-0.1, -0.05) is 6.07 Å². The zero-order chi connectivity index (χ0) is 19.4. The Morgan fingerprint density at radius 3 is 2.96 bits per heavy atom. The van der Waals surface area contributed by atoms with Crippen LogP contribution in [0.1, 0.15) is 37.2 Å². The van der Waals surface area contributed by atoms with E-state index in [-0.39, 0.29) is 11.6 Å². The van der Waals surface area contributed by atoms with Crippen LogP contribution in [0.5, 0.6) is 0 Å². The van der Waals surface area contributed by atoms with Crippen LogP contribution in [0.4, 0.5) is 5.69 Å². The maximum atomic E-state index is 12.4. The number of hydrogen-bond acceptors (Lipinski definition) is 5. The zero-order valence-corrected chi connectivity index (χ0v) is 15.7. The molecule has 8 nitrogen and oxygen atoms in total. The van der Waals surface area contributed by atoms with Gasteiger partial charge in [-0.05, 0) is 51.3 Å². The predicted molar refractivity (Wildman–Crippen MR) is 102 cm³/mol. The minimum absolute atomic E-state index is 0.0130. The number of non-ortho nitro benzene ring substituents is 1. The molecule has 1 fully saturated rings. The highest BCUT2D eigenvalue weighted by Gasteiger charge is 2.22. The average Bonchev–Trinajstić information content (AvgIpc) is 3.17. The van der Waals surface area contributed by atoms with E-state index in [2.05, 4.69) is 29.2 Å². The third-order valence-electron chi connectivity index (χ3n) is 4.96. The van der Waals surface area contributed by atoms with E-state index in [0.29, 0.717) is 29.9 Å². The lowest BCUT2D eigenvalue weighted by atomic mass is 9.97. The molecule has 1 saturated heterocycles. The standard InChI is InChI=1S/C19H25N5O3/c1-14(2)22-9-4-5-15(13-22)12-20-19(25)18-8-10-23(21-18)16-6-3-7-17(11-16)24(26)27/h3,6-8,10-11,14-15H,4-5,9,12-13H2,1-2H3,(H,20,25). The summed E-state index contributed by atoms with van der Waals surface area (Å²) in [7, 11) is 0. The van der Waals surface area contributed by atoms with E-state index in [4.69, 9.17) is 0 Å². The number of hydrogen-bond donors (Lipinski definition) is 1. The van der Waals surface area contributed by atoms with Gasteiger partial charge in [-0.25, -0.2) is 4.68 Å². The van der Waals surface area contributed by atoms with Crippen molar-refractivity contribution in [3.8, 4) is 5.69 Å². The highest BCUT2D eigenvalue weighted by atomic mass is 16.6. The van der Waals surface area contributed by atoms with E-state index in [9.17, 15) is 14.9 Å². The summed E-state index contributed by atoms with van der Waals surface area (Å²) in [6.45, 7) is 7.14. The van der Waals surface area contributed by atoms with Gasteiger partial charge in [-0.2, -0.15) is 5.10 Å². The maximum absolute atomic E-state index is 12.4. The van der Waals surface area contributed by atoms with Gasteiger partial charge in [0.1, 0.15) is 0 Å². The first-order valence-electron chi connectivity index (χ1n) is 9.27. The second-order valence-corrected chi connectivity index (χ2v) is 7.23. The van der Waals surface area contributed by atoms with Crippen LogP contribution in [0.15, 0.2) is 36.5 Å². The van der Waals surface area contributed by atoms with Crippen LogP contribution in [0.25, 0.3) is 5.69 Å². The molecule has 0 radical (unpaired) electrons. The van der Waals surface area contributed by atoms with Crippen LogP contribution in [-0.4, -0.2) is 51.2 Å². The lowest BCUT2D eigenvalue weighted by Gasteiger charge is -2.35. The predicted octanol–water partition coefficient (Wildman–Crippen LogP) is 2.63. The Bertz CT molecular complexity index is 817. The zero-order valence-electron chi connectivity index (χ0n) is 15.7. The van der Waals surface area contributed by atoms with Crippen molar-refractivity contribution in [1.29, 1.82) is 0 Å². The SMILES string of the molecule is CC(C)N1CCCC(CNC(=O)c2ccn(-c3cccc([N+](=O)[O-])c3)n2)C1. The molecule has 1 aromatic carbocycles. The summed E-state index contributed by atoms with van der Waals surface area (Å²) < 4.78 is 1.48. The topological polar surface area (TPSA) is 93.3 Å². The summed E-state index contributed by atoms with van der Waals surface area (Å²) in [6.07, 6.45) is 3.90. The summed E-state index contributed by atoms with van der Waals surface area (Å²) in [5.74, 6) is 0.227. The number of benzene rings is 1. The molecule has 8 heteroatoms. The Morgan fingerprint density at radius 1 is 1.41 bits per heavy atom. The molecule has 0 bridgehead atoms. The Balaban J connectivity index is 1.60. The number of likely N-dealkylation sites (tertiary alicyclic amines) is 1. The van der Waals surface area contributed by atoms with Gasteiger partial charge in [0.15, 0.2) is 5.69 Å². The number of nitro benzene ring substituents is 1. The Labute approximate surface area is 158 Å². The van der Waals surface area contributed by atoms with Crippen LogP contribution >= 0.6 is 0 Å². The minimum atomic E-state index is -0.453. The molecule has 0 saturated carbocycles. The smallest absolute Gasteiger partial charge is 0.271 e. The molecule has 144 valence electrons. The molecule has 0 spiro atoms. The fourth-order valence-electron chi connectivity index (χ4n) is 3.40. The molecule has 1 aliphatic rings. The molecule has 1 atom stereocenters. The highest BCUT2D eigenvalue weighted by molar-refractivity contribution is 5.92. The van der Waals surface area contributed by atoms with Crippen LogP contribution in [0, 0.1) is 16.0 Å². The monoisotopic (exact) mass is 371 g/mol. The van der Waals surface area contributed by atoms with E-state index in [0.717, 1.165) is 25.9 Å². The number of nitrogens with zero attached hydrogens (tertiary/aromatic N) is 4. The summed E-state index contributed by atoms with van der Waals surface area (Å²) in [6, 6.07) is 8.30. The van der Waals surface area contributed by atoms with Gasteiger partial charge in [0.25, 0.3) is 11.6 Å². The van der Waals surface area contributed by atoms with Crippen molar-refractivity contribution in [2.24, 2.45) is 5.92 Å². The van der Waals surface area contributed by atoms with Gasteiger partial charge in [-0.3, -0.25) is 14.9 Å². The number of carbonyl (C=O) groups excluding carboxylic acids is 1. The molecule has 1 amide bonds. The van der Waals surface area contributed by atoms with Gasteiger partial charge in [0, 0.05) is 37.5 Å². The first kappa shape index (κ1) is 19.0. The van der Waals surface area contributed by atoms with E-state index < -0.39 is 4.92 Å². The van der Waals surface area contributed by atoms with Crippen molar-refractivity contribution < 1.29 is 9.72 Å². The number of aromatic nitrogens is 2. The van der Waals surface area contributed by atoms with Crippen molar-refractivity contribution in [2.75, 3.05) is 19.6 Å². The fourth-order valence-corrected chi connectivity index (χ4v) is 3.40. The lowest BCUT2D eigenvalue weighted by Crippen LogP contribution is -2.43. The van der Waals surface area contributed by atoms with Crippen molar-refractivity contribution in [1.82, 2.24) is 20.0 Å². The van der Waals surface area contributed by atoms with E-state index in [1.807, 2.05) is 0 Å². The molecule has 0 aliphatic carbocycles. The molecule has 1 unspecified atom stereocenters. The van der Waals surface area contributed by atoms with Gasteiger partial charge >= 0.3 is 0 Å². The molecule has 3 rings (SSSR count). The van der Waals surface area contributed by atoms with Gasteiger partial charge in [-0.15, -0.1) is 0 Å². The van der Waals surface area contributed by atoms with Crippen LogP contribution in [0.2, 0.25) is 0 Å². The number of carbonyl (C=O) groups is 1. The number of nitrogens with one attached hydrogen (secondary N) is 1. The van der Waals surface area contributed by atoms with E-state index in [1.165, 1.54) is 16.8 Å². The molecule has 2 aromatic rings. The van der Waals surface area contributed by atoms with Crippen molar-refractivity contribution in [3.05, 3.63) is 52.3 Å². The van der Waals surface area contributed by atoms with Crippen molar-refractivity contribution in [2.45, 2.75) is 32.7 Å². The van der Waals surface area contributed by atoms with Crippen molar-refractivity contribution >= 4 is 11.6 Å². The van der Waals surface area contributed by atoms with Gasteiger partial charge in [0.05, 0.1) is 10.6 Å². The average molecular weight is 371 g/mol. The normalized spacial score (nSPS) is 17.8. The van der Waals surface area contributed by atoms with Gasteiger partial charge < -0.3 is 10.2 Å². The van der Waals surface area contributed by atoms with Crippen molar-refractivity contribution in [3.63, 3.8) is 0 Å². The summed E-state index contributed by atoms with van der Waals surface area (Å²) in [4.78, 5) is 25.3. The third-order valence-corrected chi connectivity index (χ3v) is 4.96. The quantitative estimate of drug-likeness (QED) is 0.622. The molecule has 27 heavy (non-hydrogen) atoms.